The van der Waals surface area contributed by atoms with Crippen molar-refractivity contribution in [2.24, 2.45) is 17.6 Å². The van der Waals surface area contributed by atoms with Crippen LogP contribution in [-0.4, -0.2) is 32.7 Å². The second-order valence-electron chi connectivity index (χ2n) is 5.35. The molecule has 0 saturated heterocycles. The lowest BCUT2D eigenvalue weighted by atomic mass is 9.96. The topological polar surface area (TPSA) is 98.7 Å². The van der Waals surface area contributed by atoms with E-state index in [9.17, 15) is 4.79 Å². The van der Waals surface area contributed by atoms with Crippen molar-refractivity contribution in [2.45, 2.75) is 20.3 Å². The van der Waals surface area contributed by atoms with E-state index >= 15 is 0 Å². The Kier molecular flexibility index (Phi) is 4.99. The molecule has 3 N–H and O–H groups in total. The number of carbonyl (C=O) groups is 1. The number of nitrogens with two attached hydrogens (primary N) is 1. The smallest absolute Gasteiger partial charge is 0.228 e. The Bertz CT molecular complexity index is 564. The first-order valence-corrected chi connectivity index (χ1v) is 6.94. The highest BCUT2D eigenvalue weighted by atomic mass is 16.1. The predicted molar refractivity (Wildman–Crippen MR) is 79.8 cm³/mol. The summed E-state index contributed by atoms with van der Waals surface area (Å²) in [4.78, 5) is 12.2. The van der Waals surface area contributed by atoms with Crippen molar-refractivity contribution in [1.29, 1.82) is 0 Å². The lowest BCUT2D eigenvalue weighted by Gasteiger charge is -2.16. The van der Waals surface area contributed by atoms with Gasteiger partial charge in [0.05, 0.1) is 11.6 Å². The first-order chi connectivity index (χ1) is 10.1. The number of carbonyl (C=O) groups excluding carboxylic acids is 1. The second-order valence-corrected chi connectivity index (χ2v) is 5.35. The summed E-state index contributed by atoms with van der Waals surface area (Å²) in [6, 6.07) is 7.31. The van der Waals surface area contributed by atoms with Crippen LogP contribution >= 0.6 is 0 Å². The van der Waals surface area contributed by atoms with Gasteiger partial charge in [-0.3, -0.25) is 4.79 Å². The van der Waals surface area contributed by atoms with Crippen molar-refractivity contribution < 1.29 is 4.79 Å². The molecule has 0 aliphatic rings. The molecule has 7 nitrogen and oxygen atoms in total. The Labute approximate surface area is 123 Å². The maximum Gasteiger partial charge on any atom is 0.228 e. The Hall–Kier alpha value is -2.28. The van der Waals surface area contributed by atoms with Crippen LogP contribution in [-0.2, 0) is 4.79 Å². The Morgan fingerprint density at radius 2 is 2.05 bits per heavy atom. The van der Waals surface area contributed by atoms with E-state index in [1.54, 1.807) is 4.68 Å². The Balaban J connectivity index is 2.01. The molecule has 0 bridgehead atoms. The second kappa shape index (κ2) is 6.94. The maximum absolute atomic E-state index is 12.2. The molecular weight excluding hydrogens is 268 g/mol. The van der Waals surface area contributed by atoms with Gasteiger partial charge in [0.15, 0.2) is 0 Å². The SMILES string of the molecule is CC(C)CC(CN)C(=O)Nc1ccc(-n2cnnn2)cc1. The minimum atomic E-state index is -0.163. The molecule has 0 spiro atoms. The lowest BCUT2D eigenvalue weighted by Crippen LogP contribution is -2.30. The van der Waals surface area contributed by atoms with Crippen LogP contribution in [0, 0.1) is 11.8 Å². The first-order valence-electron chi connectivity index (χ1n) is 6.94. The monoisotopic (exact) mass is 288 g/mol. The maximum atomic E-state index is 12.2. The fourth-order valence-corrected chi connectivity index (χ4v) is 2.10. The van der Waals surface area contributed by atoms with Crippen LogP contribution in [0.15, 0.2) is 30.6 Å². The van der Waals surface area contributed by atoms with E-state index in [0.717, 1.165) is 17.8 Å². The molecule has 1 aromatic heterocycles. The third-order valence-corrected chi connectivity index (χ3v) is 3.16. The molecule has 1 amide bonds. The van der Waals surface area contributed by atoms with Crippen LogP contribution in [0.25, 0.3) is 5.69 Å². The first kappa shape index (κ1) is 15.1. The molecule has 7 heteroatoms. The number of nitrogens with zero attached hydrogens (tertiary/aromatic N) is 4. The summed E-state index contributed by atoms with van der Waals surface area (Å²) < 4.78 is 1.55. The van der Waals surface area contributed by atoms with Gasteiger partial charge in [0.2, 0.25) is 5.91 Å². The Morgan fingerprint density at radius 1 is 1.33 bits per heavy atom. The van der Waals surface area contributed by atoms with Gasteiger partial charge in [0, 0.05) is 12.2 Å². The van der Waals surface area contributed by atoms with Gasteiger partial charge < -0.3 is 11.1 Å². The van der Waals surface area contributed by atoms with Crippen LogP contribution in [0.4, 0.5) is 5.69 Å². The van der Waals surface area contributed by atoms with Crippen molar-refractivity contribution in [3.63, 3.8) is 0 Å². The molecule has 1 aromatic carbocycles. The quantitative estimate of drug-likeness (QED) is 0.832. The zero-order valence-corrected chi connectivity index (χ0v) is 12.2. The van der Waals surface area contributed by atoms with Crippen LogP contribution in [0.5, 0.6) is 0 Å². The van der Waals surface area contributed by atoms with Crippen molar-refractivity contribution in [3.05, 3.63) is 30.6 Å². The predicted octanol–water partition coefficient (Wildman–Crippen LogP) is 1.22. The Morgan fingerprint density at radius 3 is 2.57 bits per heavy atom. The van der Waals surface area contributed by atoms with E-state index in [0.29, 0.717) is 12.5 Å². The number of amides is 1. The average Bonchev–Trinajstić information content (AvgIpc) is 2.99. The molecule has 2 aromatic rings. The van der Waals surface area contributed by atoms with Crippen molar-refractivity contribution in [2.75, 3.05) is 11.9 Å². The molecule has 0 radical (unpaired) electrons. The van der Waals surface area contributed by atoms with Gasteiger partial charge >= 0.3 is 0 Å². The summed E-state index contributed by atoms with van der Waals surface area (Å²) in [6.45, 7) is 4.51. The summed E-state index contributed by atoms with van der Waals surface area (Å²) in [7, 11) is 0. The summed E-state index contributed by atoms with van der Waals surface area (Å²) in [5.41, 5.74) is 7.24. The number of tetrazole rings is 1. The molecule has 0 saturated carbocycles. The lowest BCUT2D eigenvalue weighted by molar-refractivity contribution is -0.120. The summed E-state index contributed by atoms with van der Waals surface area (Å²) in [5, 5.41) is 13.9. The fraction of sp³-hybridized carbons (Fsp3) is 0.429. The van der Waals surface area contributed by atoms with Gasteiger partial charge in [-0.2, -0.15) is 0 Å². The number of anilines is 1. The highest BCUT2D eigenvalue weighted by molar-refractivity contribution is 5.92. The summed E-state index contributed by atoms with van der Waals surface area (Å²) >= 11 is 0. The van der Waals surface area contributed by atoms with Gasteiger partial charge in [0.25, 0.3) is 0 Å². The third kappa shape index (κ3) is 4.09. The largest absolute Gasteiger partial charge is 0.330 e. The molecule has 0 aliphatic carbocycles. The summed E-state index contributed by atoms with van der Waals surface area (Å²) in [6.07, 6.45) is 2.30. The van der Waals surface area contributed by atoms with Gasteiger partial charge in [0.1, 0.15) is 6.33 Å². The molecule has 0 fully saturated rings. The number of hydrogen-bond donors (Lipinski definition) is 2. The van der Waals surface area contributed by atoms with Crippen molar-refractivity contribution in [1.82, 2.24) is 20.2 Å². The number of rotatable bonds is 6. The van der Waals surface area contributed by atoms with Gasteiger partial charge in [-0.15, -0.1) is 5.10 Å². The number of hydrogen-bond acceptors (Lipinski definition) is 5. The van der Waals surface area contributed by atoms with Crippen molar-refractivity contribution in [3.8, 4) is 5.69 Å². The number of aromatic nitrogens is 4. The van der Waals surface area contributed by atoms with E-state index < -0.39 is 0 Å². The minimum absolute atomic E-state index is 0.0404. The van der Waals surface area contributed by atoms with Gasteiger partial charge in [-0.1, -0.05) is 13.8 Å². The third-order valence-electron chi connectivity index (χ3n) is 3.16. The zero-order chi connectivity index (χ0) is 15.2. The molecule has 112 valence electrons. The van der Waals surface area contributed by atoms with Crippen LogP contribution in [0.2, 0.25) is 0 Å². The molecule has 1 atom stereocenters. The van der Waals surface area contributed by atoms with Gasteiger partial charge in [-0.05, 0) is 47.0 Å². The normalized spacial score (nSPS) is 12.4. The molecule has 21 heavy (non-hydrogen) atoms. The number of benzene rings is 1. The highest BCUT2D eigenvalue weighted by Gasteiger charge is 2.18. The van der Waals surface area contributed by atoms with Crippen LogP contribution < -0.4 is 11.1 Å². The van der Waals surface area contributed by atoms with E-state index in [2.05, 4.69) is 34.7 Å². The fourth-order valence-electron chi connectivity index (χ4n) is 2.10. The van der Waals surface area contributed by atoms with Gasteiger partial charge in [-0.25, -0.2) is 4.68 Å². The summed E-state index contributed by atoms with van der Waals surface area (Å²) in [5.74, 6) is 0.233. The van der Waals surface area contributed by atoms with E-state index in [-0.39, 0.29) is 11.8 Å². The average molecular weight is 288 g/mol. The van der Waals surface area contributed by atoms with E-state index in [1.165, 1.54) is 6.33 Å². The molecule has 1 unspecified atom stereocenters. The minimum Gasteiger partial charge on any atom is -0.330 e. The van der Waals surface area contributed by atoms with Crippen LogP contribution in [0.1, 0.15) is 20.3 Å². The van der Waals surface area contributed by atoms with Crippen molar-refractivity contribution >= 4 is 11.6 Å². The van der Waals surface area contributed by atoms with E-state index in [1.807, 2.05) is 24.3 Å². The highest BCUT2D eigenvalue weighted by Crippen LogP contribution is 2.16. The van der Waals surface area contributed by atoms with Crippen LogP contribution in [0.3, 0.4) is 0 Å². The molecule has 0 aliphatic heterocycles. The molecular formula is C14H20N6O. The van der Waals surface area contributed by atoms with E-state index in [4.69, 9.17) is 5.73 Å². The standard InChI is InChI=1S/C14H20N6O/c1-10(2)7-11(8-15)14(21)17-12-3-5-13(6-4-12)20-9-16-18-19-20/h3-6,9-11H,7-8,15H2,1-2H3,(H,17,21). The molecule has 1 heterocycles. The molecule has 2 rings (SSSR count). The zero-order valence-electron chi connectivity index (χ0n) is 12.2. The number of nitrogens with one attached hydrogen (secondary N) is 1.